The van der Waals surface area contributed by atoms with Crippen molar-refractivity contribution in [3.8, 4) is 5.75 Å². The SMILES string of the molecule is CCOc1ccc(S(=O)(=O)N2CCC(C(=O)N/N=C\c3sc(Nc4ccccc4)nc3Cl)CC2)cc1. The summed E-state index contributed by atoms with van der Waals surface area (Å²) in [7, 11) is -3.63. The first-order valence-electron chi connectivity index (χ1n) is 11.4. The van der Waals surface area contributed by atoms with Crippen molar-refractivity contribution in [2.75, 3.05) is 25.0 Å². The number of ether oxygens (including phenoxy) is 1. The van der Waals surface area contributed by atoms with Crippen LogP contribution < -0.4 is 15.5 Å². The molecule has 0 unspecified atom stereocenters. The number of sulfonamides is 1. The Morgan fingerprint density at radius 3 is 2.56 bits per heavy atom. The number of nitrogens with one attached hydrogen (secondary N) is 2. The number of nitrogens with zero attached hydrogens (tertiary/aromatic N) is 3. The van der Waals surface area contributed by atoms with Crippen molar-refractivity contribution in [3.63, 3.8) is 0 Å². The topological polar surface area (TPSA) is 113 Å². The molecule has 4 rings (SSSR count). The van der Waals surface area contributed by atoms with Gasteiger partial charge in [0.25, 0.3) is 0 Å². The predicted molar refractivity (Wildman–Crippen MR) is 142 cm³/mol. The molecule has 1 saturated heterocycles. The summed E-state index contributed by atoms with van der Waals surface area (Å²) in [6, 6.07) is 15.9. The van der Waals surface area contributed by atoms with Crippen LogP contribution >= 0.6 is 22.9 Å². The van der Waals surface area contributed by atoms with Crippen molar-refractivity contribution in [3.05, 3.63) is 64.6 Å². The molecule has 1 fully saturated rings. The lowest BCUT2D eigenvalue weighted by atomic mass is 9.98. The quantitative estimate of drug-likeness (QED) is 0.301. The second-order valence-electron chi connectivity index (χ2n) is 7.98. The summed E-state index contributed by atoms with van der Waals surface area (Å²) >= 11 is 7.50. The van der Waals surface area contributed by atoms with Crippen LogP contribution in [0.2, 0.25) is 5.15 Å². The van der Waals surface area contributed by atoms with Gasteiger partial charge in [-0.15, -0.1) is 0 Å². The number of aromatic nitrogens is 1. The number of para-hydroxylation sites is 1. The minimum absolute atomic E-state index is 0.209. The summed E-state index contributed by atoms with van der Waals surface area (Å²) in [5.41, 5.74) is 3.42. The zero-order chi connectivity index (χ0) is 25.5. The Balaban J connectivity index is 1.28. The molecule has 0 bridgehead atoms. The zero-order valence-electron chi connectivity index (χ0n) is 19.6. The lowest BCUT2D eigenvalue weighted by molar-refractivity contribution is -0.126. The maximum atomic E-state index is 12.9. The highest BCUT2D eigenvalue weighted by molar-refractivity contribution is 7.89. The number of halogens is 1. The first-order chi connectivity index (χ1) is 17.4. The van der Waals surface area contributed by atoms with Crippen LogP contribution in [0.5, 0.6) is 5.75 Å². The molecule has 12 heteroatoms. The van der Waals surface area contributed by atoms with Crippen LogP contribution in [-0.4, -0.2) is 49.5 Å². The van der Waals surface area contributed by atoms with E-state index in [9.17, 15) is 13.2 Å². The fourth-order valence-corrected chi connectivity index (χ4v) is 6.24. The van der Waals surface area contributed by atoms with Crippen molar-refractivity contribution in [2.24, 2.45) is 11.0 Å². The Hall–Kier alpha value is -2.99. The molecule has 190 valence electrons. The van der Waals surface area contributed by atoms with Gasteiger partial charge in [-0.2, -0.15) is 9.41 Å². The number of rotatable bonds is 9. The first-order valence-corrected chi connectivity index (χ1v) is 14.0. The molecule has 0 saturated carbocycles. The van der Waals surface area contributed by atoms with Gasteiger partial charge >= 0.3 is 0 Å². The van der Waals surface area contributed by atoms with Gasteiger partial charge in [-0.05, 0) is 56.2 Å². The van der Waals surface area contributed by atoms with Crippen LogP contribution in [0.3, 0.4) is 0 Å². The standard InChI is InChI=1S/C24H26ClN5O4S2/c1-2-34-19-8-10-20(11-9-19)36(32,33)30-14-12-17(13-15-30)23(31)29-26-16-21-22(25)28-24(35-21)27-18-6-4-3-5-7-18/h3-11,16-17H,2,12-15H2,1H3,(H,27,28)(H,29,31)/b26-16-. The second-order valence-corrected chi connectivity index (χ2v) is 11.3. The Morgan fingerprint density at radius 1 is 1.19 bits per heavy atom. The Bertz CT molecular complexity index is 1310. The third kappa shape index (κ3) is 6.41. The van der Waals surface area contributed by atoms with E-state index in [0.717, 1.165) is 5.69 Å². The third-order valence-electron chi connectivity index (χ3n) is 5.59. The molecule has 1 aliphatic rings. The average Bonchev–Trinajstić information content (AvgIpc) is 3.23. The Kier molecular flexibility index (Phi) is 8.57. The van der Waals surface area contributed by atoms with Crippen LogP contribution in [0, 0.1) is 5.92 Å². The molecule has 0 aliphatic carbocycles. The van der Waals surface area contributed by atoms with Crippen LogP contribution in [-0.2, 0) is 14.8 Å². The van der Waals surface area contributed by atoms with Crippen molar-refractivity contribution in [1.82, 2.24) is 14.7 Å². The van der Waals surface area contributed by atoms with Gasteiger partial charge in [0.05, 0.1) is 22.6 Å². The number of thiazole rings is 1. The van der Waals surface area contributed by atoms with Gasteiger partial charge in [0.1, 0.15) is 5.75 Å². The highest BCUT2D eigenvalue weighted by Gasteiger charge is 2.32. The smallest absolute Gasteiger partial charge is 0.243 e. The summed E-state index contributed by atoms with van der Waals surface area (Å²) in [5, 5.41) is 8.09. The van der Waals surface area contributed by atoms with E-state index in [4.69, 9.17) is 16.3 Å². The number of carbonyl (C=O) groups is 1. The van der Waals surface area contributed by atoms with Gasteiger partial charge in [-0.25, -0.2) is 18.8 Å². The number of amides is 1. The molecule has 0 spiro atoms. The van der Waals surface area contributed by atoms with Gasteiger partial charge in [0.15, 0.2) is 10.3 Å². The molecule has 2 N–H and O–H groups in total. The van der Waals surface area contributed by atoms with Gasteiger partial charge in [-0.3, -0.25) is 4.79 Å². The summed E-state index contributed by atoms with van der Waals surface area (Å²) in [6.45, 7) is 2.89. The lowest BCUT2D eigenvalue weighted by Gasteiger charge is -2.30. The molecule has 1 aliphatic heterocycles. The van der Waals surface area contributed by atoms with Gasteiger partial charge in [-0.1, -0.05) is 41.1 Å². The molecule has 2 heterocycles. The van der Waals surface area contributed by atoms with E-state index >= 15 is 0 Å². The largest absolute Gasteiger partial charge is 0.494 e. The summed E-state index contributed by atoms with van der Waals surface area (Å²) < 4.78 is 32.7. The van der Waals surface area contributed by atoms with Crippen LogP contribution in [0.4, 0.5) is 10.8 Å². The molecule has 0 radical (unpaired) electrons. The summed E-state index contributed by atoms with van der Waals surface area (Å²) in [6.07, 6.45) is 2.27. The zero-order valence-corrected chi connectivity index (χ0v) is 21.9. The van der Waals surface area contributed by atoms with E-state index in [2.05, 4.69) is 20.8 Å². The molecular weight excluding hydrogens is 522 g/mol. The minimum atomic E-state index is -3.63. The van der Waals surface area contributed by atoms with E-state index in [0.29, 0.717) is 35.2 Å². The molecule has 0 atom stereocenters. The summed E-state index contributed by atoms with van der Waals surface area (Å²) in [4.78, 5) is 17.7. The Morgan fingerprint density at radius 2 is 1.89 bits per heavy atom. The van der Waals surface area contributed by atoms with Crippen LogP contribution in [0.25, 0.3) is 0 Å². The van der Waals surface area contributed by atoms with Gasteiger partial charge in [0, 0.05) is 24.7 Å². The normalized spacial score (nSPS) is 15.2. The monoisotopic (exact) mass is 547 g/mol. The van der Waals surface area contributed by atoms with E-state index in [-0.39, 0.29) is 35.0 Å². The maximum Gasteiger partial charge on any atom is 0.243 e. The van der Waals surface area contributed by atoms with Crippen LogP contribution in [0.1, 0.15) is 24.6 Å². The molecule has 3 aromatic rings. The lowest BCUT2D eigenvalue weighted by Crippen LogP contribution is -2.42. The number of hydrogen-bond donors (Lipinski definition) is 2. The van der Waals surface area contributed by atoms with Crippen molar-refractivity contribution in [2.45, 2.75) is 24.7 Å². The van der Waals surface area contributed by atoms with E-state index < -0.39 is 10.0 Å². The average molecular weight is 548 g/mol. The number of piperidine rings is 1. The van der Waals surface area contributed by atoms with E-state index in [1.165, 1.54) is 21.9 Å². The number of benzene rings is 2. The summed E-state index contributed by atoms with van der Waals surface area (Å²) in [5.74, 6) is 0.0319. The molecule has 36 heavy (non-hydrogen) atoms. The van der Waals surface area contributed by atoms with Crippen molar-refractivity contribution >= 4 is 55.9 Å². The molecule has 1 amide bonds. The molecular formula is C24H26ClN5O4S2. The maximum absolute atomic E-state index is 12.9. The minimum Gasteiger partial charge on any atom is -0.494 e. The predicted octanol–water partition coefficient (Wildman–Crippen LogP) is 4.49. The van der Waals surface area contributed by atoms with Crippen LogP contribution in [0.15, 0.2) is 64.6 Å². The van der Waals surface area contributed by atoms with Gasteiger partial charge in [0.2, 0.25) is 15.9 Å². The highest BCUT2D eigenvalue weighted by Crippen LogP contribution is 2.28. The number of carbonyl (C=O) groups excluding carboxylic acids is 1. The Labute approximate surface area is 219 Å². The number of anilines is 2. The number of hydrazone groups is 1. The van der Waals surface area contributed by atoms with E-state index in [1.807, 2.05) is 37.3 Å². The molecule has 9 nitrogen and oxygen atoms in total. The second kappa shape index (κ2) is 11.8. The van der Waals surface area contributed by atoms with Crippen molar-refractivity contribution < 1.29 is 17.9 Å². The number of hydrogen-bond acceptors (Lipinski definition) is 8. The highest BCUT2D eigenvalue weighted by atomic mass is 35.5. The fourth-order valence-electron chi connectivity index (χ4n) is 3.72. The molecule has 2 aromatic carbocycles. The first kappa shape index (κ1) is 26.1. The van der Waals surface area contributed by atoms with E-state index in [1.54, 1.807) is 24.3 Å². The fraction of sp³-hybridized carbons (Fsp3) is 0.292. The third-order valence-corrected chi connectivity index (χ3v) is 8.81. The van der Waals surface area contributed by atoms with Gasteiger partial charge < -0.3 is 10.1 Å². The van der Waals surface area contributed by atoms with Crippen molar-refractivity contribution in [1.29, 1.82) is 0 Å². The molecule has 1 aromatic heterocycles.